The molecule has 2 heterocycles. The van der Waals surface area contributed by atoms with Crippen LogP contribution in [0.3, 0.4) is 0 Å². The third-order valence-electron chi connectivity index (χ3n) is 6.88. The summed E-state index contributed by atoms with van der Waals surface area (Å²) in [6, 6.07) is 0. The van der Waals surface area contributed by atoms with Gasteiger partial charge in [-0.3, -0.25) is 4.79 Å². The van der Waals surface area contributed by atoms with E-state index in [9.17, 15) is 15.0 Å². The minimum absolute atomic E-state index is 0.00444. The highest BCUT2D eigenvalue weighted by molar-refractivity contribution is 5.91. The van der Waals surface area contributed by atoms with Crippen molar-refractivity contribution >= 4 is 5.78 Å². The standard InChI is InChI=1S/C24H40O5/c1-2-3-4-5-6-7-8-9-10-11-21-16-20(26)18-24(28-21)15-14-23(29-24)13-12-19(25)17-22(23)27/h12-13,20-22,26-27H,2-11,14-18H2,1H3/t20-,21-,22-,23-,24-/m1/s1. The molecule has 5 atom stereocenters. The number of ketones is 1. The van der Waals surface area contributed by atoms with Gasteiger partial charge in [-0.25, -0.2) is 0 Å². The van der Waals surface area contributed by atoms with E-state index in [1.165, 1.54) is 57.4 Å². The molecule has 2 saturated heterocycles. The number of ether oxygens (including phenoxy) is 2. The summed E-state index contributed by atoms with van der Waals surface area (Å²) in [6.45, 7) is 2.25. The number of unbranched alkanes of at least 4 members (excludes halogenated alkanes) is 8. The van der Waals surface area contributed by atoms with E-state index >= 15 is 0 Å². The molecule has 0 amide bonds. The van der Waals surface area contributed by atoms with E-state index in [2.05, 4.69) is 6.92 Å². The molecule has 29 heavy (non-hydrogen) atoms. The van der Waals surface area contributed by atoms with Crippen LogP contribution in [-0.2, 0) is 14.3 Å². The molecule has 0 aromatic carbocycles. The Bertz CT molecular complexity index is 561. The lowest BCUT2D eigenvalue weighted by Crippen LogP contribution is -2.51. The zero-order chi connectivity index (χ0) is 20.7. The summed E-state index contributed by atoms with van der Waals surface area (Å²) in [5, 5.41) is 20.9. The summed E-state index contributed by atoms with van der Waals surface area (Å²) in [5.41, 5.74) is -0.840. The summed E-state index contributed by atoms with van der Waals surface area (Å²) >= 11 is 0. The van der Waals surface area contributed by atoms with E-state index in [-0.39, 0.29) is 18.3 Å². The average Bonchev–Trinajstić information content (AvgIpc) is 3.02. The average molecular weight is 409 g/mol. The highest BCUT2D eigenvalue weighted by Crippen LogP contribution is 2.49. The first-order valence-electron chi connectivity index (χ1n) is 11.9. The van der Waals surface area contributed by atoms with Gasteiger partial charge < -0.3 is 19.7 Å². The molecule has 2 N–H and O–H groups in total. The minimum Gasteiger partial charge on any atom is -0.393 e. The van der Waals surface area contributed by atoms with Gasteiger partial charge in [0, 0.05) is 19.3 Å². The Morgan fingerprint density at radius 1 is 1.03 bits per heavy atom. The Kier molecular flexibility index (Phi) is 8.32. The van der Waals surface area contributed by atoms with Crippen LogP contribution in [0.25, 0.3) is 0 Å². The predicted octanol–water partition coefficient (Wildman–Crippen LogP) is 4.58. The van der Waals surface area contributed by atoms with Crippen molar-refractivity contribution in [1.29, 1.82) is 0 Å². The molecule has 166 valence electrons. The number of allylic oxidation sites excluding steroid dienone is 1. The maximum Gasteiger partial charge on any atom is 0.172 e. The van der Waals surface area contributed by atoms with Crippen molar-refractivity contribution < 1.29 is 24.5 Å². The molecule has 5 nitrogen and oxygen atoms in total. The summed E-state index contributed by atoms with van der Waals surface area (Å²) in [6.07, 6.45) is 17.0. The van der Waals surface area contributed by atoms with E-state index in [0.717, 1.165) is 12.8 Å². The van der Waals surface area contributed by atoms with Crippen molar-refractivity contribution in [3.63, 3.8) is 0 Å². The van der Waals surface area contributed by atoms with Gasteiger partial charge in [0.25, 0.3) is 0 Å². The van der Waals surface area contributed by atoms with Crippen LogP contribution in [0, 0.1) is 0 Å². The van der Waals surface area contributed by atoms with E-state index in [0.29, 0.717) is 25.7 Å². The lowest BCUT2D eigenvalue weighted by atomic mass is 9.85. The Morgan fingerprint density at radius 3 is 2.41 bits per heavy atom. The molecule has 2 fully saturated rings. The van der Waals surface area contributed by atoms with Crippen LogP contribution < -0.4 is 0 Å². The van der Waals surface area contributed by atoms with Crippen molar-refractivity contribution in [2.24, 2.45) is 0 Å². The fraction of sp³-hybridized carbons (Fsp3) is 0.875. The number of carbonyl (C=O) groups is 1. The molecule has 0 bridgehead atoms. The lowest BCUT2D eigenvalue weighted by molar-refractivity contribution is -0.306. The largest absolute Gasteiger partial charge is 0.393 e. The Balaban J connectivity index is 1.42. The summed E-state index contributed by atoms with van der Waals surface area (Å²) in [5.74, 6) is -0.895. The van der Waals surface area contributed by atoms with E-state index in [1.54, 1.807) is 6.08 Å². The third-order valence-corrected chi connectivity index (χ3v) is 6.88. The van der Waals surface area contributed by atoms with Crippen LogP contribution in [0.1, 0.15) is 103 Å². The Morgan fingerprint density at radius 2 is 1.72 bits per heavy atom. The van der Waals surface area contributed by atoms with Crippen molar-refractivity contribution in [3.05, 3.63) is 12.2 Å². The van der Waals surface area contributed by atoms with Gasteiger partial charge in [-0.1, -0.05) is 64.7 Å². The van der Waals surface area contributed by atoms with Gasteiger partial charge in [-0.05, 0) is 31.4 Å². The fourth-order valence-corrected chi connectivity index (χ4v) is 5.19. The van der Waals surface area contributed by atoms with Crippen LogP contribution in [0.4, 0.5) is 0 Å². The molecule has 0 aromatic heterocycles. The molecule has 3 aliphatic rings. The monoisotopic (exact) mass is 408 g/mol. The first-order chi connectivity index (χ1) is 14.0. The van der Waals surface area contributed by atoms with Crippen molar-refractivity contribution in [3.8, 4) is 0 Å². The van der Waals surface area contributed by atoms with Crippen LogP contribution >= 0.6 is 0 Å². The molecule has 3 rings (SSSR count). The maximum absolute atomic E-state index is 11.6. The summed E-state index contributed by atoms with van der Waals surface area (Å²) in [7, 11) is 0. The van der Waals surface area contributed by atoms with Gasteiger partial charge in [-0.2, -0.15) is 0 Å². The van der Waals surface area contributed by atoms with Gasteiger partial charge in [0.15, 0.2) is 11.6 Å². The number of hydrogen-bond acceptors (Lipinski definition) is 5. The SMILES string of the molecule is CCCCCCCCCCC[C@@H]1C[C@@H](O)C[C@]2(CC[C@@]3(C=CC(=O)C[C@H]3O)O2)O1. The highest BCUT2D eigenvalue weighted by Gasteiger charge is 2.56. The van der Waals surface area contributed by atoms with Gasteiger partial charge in [0.2, 0.25) is 0 Å². The van der Waals surface area contributed by atoms with Crippen LogP contribution in [0.2, 0.25) is 0 Å². The number of aliphatic hydroxyl groups excluding tert-OH is 2. The molecule has 0 radical (unpaired) electrons. The Hall–Kier alpha value is -0.750. The number of hydrogen-bond donors (Lipinski definition) is 2. The van der Waals surface area contributed by atoms with E-state index in [4.69, 9.17) is 9.47 Å². The van der Waals surface area contributed by atoms with Gasteiger partial charge in [-0.15, -0.1) is 0 Å². The van der Waals surface area contributed by atoms with E-state index < -0.39 is 23.6 Å². The minimum atomic E-state index is -0.840. The quantitative estimate of drug-likeness (QED) is 0.517. The maximum atomic E-state index is 11.6. The molecule has 5 heteroatoms. The summed E-state index contributed by atoms with van der Waals surface area (Å²) in [4.78, 5) is 11.6. The van der Waals surface area contributed by atoms with Gasteiger partial charge in [0.1, 0.15) is 5.60 Å². The van der Waals surface area contributed by atoms with Gasteiger partial charge in [0.05, 0.1) is 18.3 Å². The fourth-order valence-electron chi connectivity index (χ4n) is 5.19. The number of rotatable bonds is 10. The molecular formula is C24H40O5. The van der Waals surface area contributed by atoms with Crippen LogP contribution in [0.5, 0.6) is 0 Å². The Labute approximate surface area is 175 Å². The zero-order valence-electron chi connectivity index (χ0n) is 18.1. The predicted molar refractivity (Wildman–Crippen MR) is 113 cm³/mol. The zero-order valence-corrected chi connectivity index (χ0v) is 18.1. The lowest BCUT2D eigenvalue weighted by Gasteiger charge is -2.43. The number of aliphatic hydroxyl groups is 2. The van der Waals surface area contributed by atoms with Crippen molar-refractivity contribution in [2.75, 3.05) is 0 Å². The molecule has 2 aliphatic heterocycles. The molecule has 0 saturated carbocycles. The van der Waals surface area contributed by atoms with Crippen molar-refractivity contribution in [2.45, 2.75) is 133 Å². The first kappa shape index (κ1) is 22.9. The molecule has 1 aliphatic carbocycles. The van der Waals surface area contributed by atoms with Crippen LogP contribution in [0.15, 0.2) is 12.2 Å². The highest BCUT2D eigenvalue weighted by atomic mass is 16.7. The van der Waals surface area contributed by atoms with E-state index in [1.807, 2.05) is 0 Å². The normalized spacial score (nSPS) is 37.1. The smallest absolute Gasteiger partial charge is 0.172 e. The molecular weight excluding hydrogens is 368 g/mol. The molecule has 2 spiro atoms. The number of carbonyl (C=O) groups excluding carboxylic acids is 1. The topological polar surface area (TPSA) is 76.0 Å². The second kappa shape index (κ2) is 10.5. The summed E-state index contributed by atoms with van der Waals surface area (Å²) < 4.78 is 12.7. The van der Waals surface area contributed by atoms with Gasteiger partial charge >= 0.3 is 0 Å². The third kappa shape index (κ3) is 6.13. The van der Waals surface area contributed by atoms with Crippen LogP contribution in [-0.4, -0.2) is 45.7 Å². The molecule has 0 aromatic rings. The second-order valence-corrected chi connectivity index (χ2v) is 9.44. The second-order valence-electron chi connectivity index (χ2n) is 9.44. The first-order valence-corrected chi connectivity index (χ1v) is 11.9. The molecule has 0 unspecified atom stereocenters. The van der Waals surface area contributed by atoms with Crippen molar-refractivity contribution in [1.82, 2.24) is 0 Å².